The summed E-state index contributed by atoms with van der Waals surface area (Å²) in [5.41, 5.74) is -0.572. The lowest BCUT2D eigenvalue weighted by Crippen LogP contribution is -2.42. The Morgan fingerprint density at radius 2 is 2.05 bits per heavy atom. The van der Waals surface area contributed by atoms with Crippen molar-refractivity contribution in [1.82, 2.24) is 10.2 Å². The van der Waals surface area contributed by atoms with Gasteiger partial charge in [-0.05, 0) is 43.8 Å². The number of aliphatic imine (C=N–C) groups is 1. The molecule has 0 spiro atoms. The second-order valence-electron chi connectivity index (χ2n) is 6.91. The molecule has 2 heterocycles. The Bertz CT molecular complexity index is 368. The van der Waals surface area contributed by atoms with Gasteiger partial charge in [-0.1, -0.05) is 12.8 Å². The van der Waals surface area contributed by atoms with Gasteiger partial charge in [-0.3, -0.25) is 4.99 Å². The summed E-state index contributed by atoms with van der Waals surface area (Å²) in [7, 11) is 0. The predicted molar refractivity (Wildman–Crippen MR) is 89.9 cm³/mol. The van der Waals surface area contributed by atoms with Gasteiger partial charge in [-0.2, -0.15) is 11.8 Å². The number of rotatable bonds is 3. The molecule has 0 aromatic carbocycles. The predicted octanol–water partition coefficient (Wildman–Crippen LogP) is 1.94. The SMILES string of the molecule is CCNC(=NCC1(O)CCSC1)N1CC2CCCCC2C1. The summed E-state index contributed by atoms with van der Waals surface area (Å²) in [6.07, 6.45) is 6.47. The van der Waals surface area contributed by atoms with E-state index < -0.39 is 5.60 Å². The van der Waals surface area contributed by atoms with Crippen LogP contribution in [0.2, 0.25) is 0 Å². The number of nitrogens with one attached hydrogen (secondary N) is 1. The Morgan fingerprint density at radius 1 is 1.33 bits per heavy atom. The van der Waals surface area contributed by atoms with Gasteiger partial charge < -0.3 is 15.3 Å². The molecule has 3 aliphatic rings. The number of hydrogen-bond donors (Lipinski definition) is 2. The molecule has 3 unspecified atom stereocenters. The third-order valence-electron chi connectivity index (χ3n) is 5.22. The Balaban J connectivity index is 1.63. The summed E-state index contributed by atoms with van der Waals surface area (Å²) in [6.45, 7) is 5.89. The molecule has 120 valence electrons. The van der Waals surface area contributed by atoms with Crippen LogP contribution in [-0.2, 0) is 0 Å². The number of likely N-dealkylation sites (tertiary alicyclic amines) is 1. The third-order valence-corrected chi connectivity index (χ3v) is 6.45. The van der Waals surface area contributed by atoms with Crippen molar-refractivity contribution in [3.63, 3.8) is 0 Å². The molecule has 1 aliphatic carbocycles. The van der Waals surface area contributed by atoms with E-state index in [2.05, 4.69) is 17.1 Å². The molecule has 3 atom stereocenters. The number of thioether (sulfide) groups is 1. The minimum atomic E-state index is -0.572. The standard InChI is InChI=1S/C16H29N3OS/c1-2-17-15(18-11-16(20)7-8-21-12-16)19-9-13-5-3-4-6-14(13)10-19/h13-14,20H,2-12H2,1H3,(H,17,18). The van der Waals surface area contributed by atoms with Gasteiger partial charge in [-0.15, -0.1) is 0 Å². The molecule has 0 aromatic rings. The highest BCUT2D eigenvalue weighted by molar-refractivity contribution is 7.99. The first-order valence-electron chi connectivity index (χ1n) is 8.53. The fraction of sp³-hybridized carbons (Fsp3) is 0.938. The molecule has 21 heavy (non-hydrogen) atoms. The topological polar surface area (TPSA) is 47.9 Å². The second-order valence-corrected chi connectivity index (χ2v) is 8.01. The average Bonchev–Trinajstić information content (AvgIpc) is 3.10. The molecule has 0 bridgehead atoms. The number of guanidine groups is 1. The molecule has 0 amide bonds. The van der Waals surface area contributed by atoms with Crippen LogP contribution < -0.4 is 5.32 Å². The van der Waals surface area contributed by atoms with Crippen molar-refractivity contribution in [2.45, 2.75) is 44.6 Å². The first kappa shape index (κ1) is 15.5. The van der Waals surface area contributed by atoms with Crippen LogP contribution in [0.5, 0.6) is 0 Å². The van der Waals surface area contributed by atoms with Gasteiger partial charge in [0, 0.05) is 25.4 Å². The molecule has 0 aromatic heterocycles. The average molecular weight is 311 g/mol. The van der Waals surface area contributed by atoms with E-state index in [1.165, 1.54) is 25.7 Å². The fourth-order valence-corrected chi connectivity index (χ4v) is 5.23. The van der Waals surface area contributed by atoms with Crippen LogP contribution in [0.25, 0.3) is 0 Å². The summed E-state index contributed by atoms with van der Waals surface area (Å²) < 4.78 is 0. The van der Waals surface area contributed by atoms with Crippen LogP contribution in [0.4, 0.5) is 0 Å². The van der Waals surface area contributed by atoms with E-state index in [1.54, 1.807) is 0 Å². The van der Waals surface area contributed by atoms with Crippen molar-refractivity contribution >= 4 is 17.7 Å². The minimum Gasteiger partial charge on any atom is -0.387 e. The van der Waals surface area contributed by atoms with E-state index in [0.717, 1.165) is 55.4 Å². The zero-order chi connectivity index (χ0) is 14.7. The van der Waals surface area contributed by atoms with Crippen molar-refractivity contribution < 1.29 is 5.11 Å². The van der Waals surface area contributed by atoms with Gasteiger partial charge in [0.05, 0.1) is 12.1 Å². The summed E-state index contributed by atoms with van der Waals surface area (Å²) in [6, 6.07) is 0. The van der Waals surface area contributed by atoms with Gasteiger partial charge in [-0.25, -0.2) is 0 Å². The highest BCUT2D eigenvalue weighted by atomic mass is 32.2. The molecule has 2 N–H and O–H groups in total. The lowest BCUT2D eigenvalue weighted by molar-refractivity contribution is 0.0776. The normalized spacial score (nSPS) is 36.9. The molecule has 3 fully saturated rings. The van der Waals surface area contributed by atoms with Crippen LogP contribution in [0, 0.1) is 11.8 Å². The first-order chi connectivity index (χ1) is 10.2. The molecule has 2 saturated heterocycles. The molecular weight excluding hydrogens is 282 g/mol. The lowest BCUT2D eigenvalue weighted by atomic mass is 9.82. The highest BCUT2D eigenvalue weighted by Crippen LogP contribution is 2.36. The van der Waals surface area contributed by atoms with Gasteiger partial charge in [0.15, 0.2) is 5.96 Å². The van der Waals surface area contributed by atoms with E-state index in [0.29, 0.717) is 6.54 Å². The Labute approximate surface area is 132 Å². The molecule has 1 saturated carbocycles. The van der Waals surface area contributed by atoms with Gasteiger partial charge in [0.25, 0.3) is 0 Å². The highest BCUT2D eigenvalue weighted by Gasteiger charge is 2.36. The zero-order valence-corrected chi connectivity index (χ0v) is 14.0. The van der Waals surface area contributed by atoms with Gasteiger partial charge in [0.1, 0.15) is 0 Å². The van der Waals surface area contributed by atoms with Crippen molar-refractivity contribution in [3.8, 4) is 0 Å². The molecule has 3 rings (SSSR count). The number of nitrogens with zero attached hydrogens (tertiary/aromatic N) is 2. The number of aliphatic hydroxyl groups is 1. The summed E-state index contributed by atoms with van der Waals surface area (Å²) in [5, 5.41) is 13.9. The Kier molecular flexibility index (Phi) is 4.99. The van der Waals surface area contributed by atoms with Crippen LogP contribution in [0.3, 0.4) is 0 Å². The van der Waals surface area contributed by atoms with E-state index in [9.17, 15) is 5.11 Å². The fourth-order valence-electron chi connectivity index (χ4n) is 3.95. The van der Waals surface area contributed by atoms with Crippen molar-refractivity contribution in [2.24, 2.45) is 16.8 Å². The molecule has 2 aliphatic heterocycles. The molecule has 5 heteroatoms. The van der Waals surface area contributed by atoms with Crippen LogP contribution >= 0.6 is 11.8 Å². The Hall–Kier alpha value is -0.420. The maximum Gasteiger partial charge on any atom is 0.194 e. The van der Waals surface area contributed by atoms with E-state index >= 15 is 0 Å². The summed E-state index contributed by atoms with van der Waals surface area (Å²) >= 11 is 1.84. The first-order valence-corrected chi connectivity index (χ1v) is 9.69. The monoisotopic (exact) mass is 311 g/mol. The van der Waals surface area contributed by atoms with E-state index in [-0.39, 0.29) is 0 Å². The molecule has 0 radical (unpaired) electrons. The van der Waals surface area contributed by atoms with E-state index in [4.69, 9.17) is 4.99 Å². The van der Waals surface area contributed by atoms with Crippen molar-refractivity contribution in [1.29, 1.82) is 0 Å². The molecule has 4 nitrogen and oxygen atoms in total. The largest absolute Gasteiger partial charge is 0.387 e. The third kappa shape index (κ3) is 3.67. The maximum absolute atomic E-state index is 10.5. The smallest absolute Gasteiger partial charge is 0.194 e. The van der Waals surface area contributed by atoms with Gasteiger partial charge >= 0.3 is 0 Å². The zero-order valence-electron chi connectivity index (χ0n) is 13.2. The van der Waals surface area contributed by atoms with Crippen molar-refractivity contribution in [3.05, 3.63) is 0 Å². The van der Waals surface area contributed by atoms with E-state index in [1.807, 2.05) is 11.8 Å². The summed E-state index contributed by atoms with van der Waals surface area (Å²) in [4.78, 5) is 7.22. The van der Waals surface area contributed by atoms with Crippen molar-refractivity contribution in [2.75, 3.05) is 37.7 Å². The van der Waals surface area contributed by atoms with Gasteiger partial charge in [0.2, 0.25) is 0 Å². The van der Waals surface area contributed by atoms with Crippen LogP contribution in [0.15, 0.2) is 4.99 Å². The van der Waals surface area contributed by atoms with Crippen LogP contribution in [-0.4, -0.2) is 59.3 Å². The number of hydrogen-bond acceptors (Lipinski definition) is 3. The van der Waals surface area contributed by atoms with Crippen LogP contribution in [0.1, 0.15) is 39.0 Å². The number of fused-ring (bicyclic) bond motifs is 1. The molecular formula is C16H29N3OS. The summed E-state index contributed by atoms with van der Waals surface area (Å²) in [5.74, 6) is 4.66. The Morgan fingerprint density at radius 3 is 2.62 bits per heavy atom. The quantitative estimate of drug-likeness (QED) is 0.618. The second kappa shape index (κ2) is 6.78. The lowest BCUT2D eigenvalue weighted by Gasteiger charge is -2.24. The minimum absolute atomic E-state index is 0.550. The maximum atomic E-state index is 10.5.